The first kappa shape index (κ1) is 18.9. The molecule has 0 bridgehead atoms. The van der Waals surface area contributed by atoms with Crippen LogP contribution in [0.25, 0.3) is 0 Å². The Bertz CT molecular complexity index is 787. The van der Waals surface area contributed by atoms with Crippen molar-refractivity contribution < 1.29 is 27.9 Å². The van der Waals surface area contributed by atoms with E-state index in [-0.39, 0.29) is 24.2 Å². The molecular weight excluding hydrogens is 348 g/mol. The van der Waals surface area contributed by atoms with Gasteiger partial charge in [0.1, 0.15) is 6.04 Å². The van der Waals surface area contributed by atoms with Crippen LogP contribution in [0.5, 0.6) is 0 Å². The van der Waals surface area contributed by atoms with Crippen molar-refractivity contribution in [2.45, 2.75) is 50.1 Å². The highest BCUT2D eigenvalue weighted by Gasteiger charge is 2.44. The van der Waals surface area contributed by atoms with Crippen LogP contribution < -0.4 is 5.32 Å². The number of amides is 2. The number of rotatable bonds is 6. The Morgan fingerprint density at radius 3 is 2.48 bits per heavy atom. The number of carboxylic acids is 1. The van der Waals surface area contributed by atoms with Crippen molar-refractivity contribution in [3.8, 4) is 0 Å². The summed E-state index contributed by atoms with van der Waals surface area (Å²) in [7, 11) is -4.15. The smallest absolute Gasteiger partial charge is 0.305 e. The Kier molecular flexibility index (Phi) is 5.46. The fourth-order valence-electron chi connectivity index (χ4n) is 2.68. The molecule has 2 atom stereocenters. The summed E-state index contributed by atoms with van der Waals surface area (Å²) in [5.41, 5.74) is 0.864. The normalized spacial score (nSPS) is 18.9. The average Bonchev–Trinajstić information content (AvgIpc) is 2.89. The van der Waals surface area contributed by atoms with Gasteiger partial charge in [0.2, 0.25) is 11.8 Å². The van der Waals surface area contributed by atoms with Crippen LogP contribution in [0.15, 0.2) is 29.2 Å². The first-order valence-electron chi connectivity index (χ1n) is 7.79. The van der Waals surface area contributed by atoms with Gasteiger partial charge in [-0.05, 0) is 32.4 Å². The maximum absolute atomic E-state index is 12.8. The van der Waals surface area contributed by atoms with E-state index in [1.54, 1.807) is 19.1 Å². The van der Waals surface area contributed by atoms with Gasteiger partial charge in [-0.2, -0.15) is 0 Å². The number of benzene rings is 1. The van der Waals surface area contributed by atoms with E-state index in [9.17, 15) is 22.8 Å². The number of aryl methyl sites for hydroxylation is 1. The molecular formula is C16H20N2O6S. The van der Waals surface area contributed by atoms with Crippen LogP contribution >= 0.6 is 0 Å². The van der Waals surface area contributed by atoms with Crippen LogP contribution in [0.2, 0.25) is 0 Å². The second-order valence-electron chi connectivity index (χ2n) is 6.07. The fourth-order valence-corrected chi connectivity index (χ4v) is 4.28. The summed E-state index contributed by atoms with van der Waals surface area (Å²) in [4.78, 5) is 35.1. The highest BCUT2D eigenvalue weighted by molar-refractivity contribution is 7.89. The standard InChI is InChI=1S/C16H20N2O6S/c1-10-3-5-12(6-4-10)25(23,24)18-13(7-8-14(18)19)16(22)17-11(2)9-15(20)21/h3-6,11,13H,7-9H2,1-2H3,(H,17,22)(H,20,21)/t11?,13-/m0/s1. The summed E-state index contributed by atoms with van der Waals surface area (Å²) in [5, 5.41) is 11.2. The van der Waals surface area contributed by atoms with Crippen LogP contribution in [0.1, 0.15) is 31.7 Å². The monoisotopic (exact) mass is 368 g/mol. The molecule has 1 heterocycles. The molecule has 0 saturated carbocycles. The van der Waals surface area contributed by atoms with E-state index >= 15 is 0 Å². The van der Waals surface area contributed by atoms with E-state index in [1.807, 2.05) is 0 Å². The maximum Gasteiger partial charge on any atom is 0.305 e. The highest BCUT2D eigenvalue weighted by atomic mass is 32.2. The minimum Gasteiger partial charge on any atom is -0.481 e. The summed E-state index contributed by atoms with van der Waals surface area (Å²) >= 11 is 0. The van der Waals surface area contributed by atoms with Crippen LogP contribution in [-0.4, -0.2) is 47.7 Å². The number of carbonyl (C=O) groups is 3. The molecule has 1 aliphatic rings. The first-order valence-corrected chi connectivity index (χ1v) is 9.23. The third-order valence-corrected chi connectivity index (χ3v) is 5.75. The second kappa shape index (κ2) is 7.22. The van der Waals surface area contributed by atoms with Gasteiger partial charge in [0, 0.05) is 12.5 Å². The number of nitrogens with zero attached hydrogens (tertiary/aromatic N) is 1. The Hall–Kier alpha value is -2.42. The molecule has 0 radical (unpaired) electrons. The quantitative estimate of drug-likeness (QED) is 0.761. The van der Waals surface area contributed by atoms with Crippen LogP contribution in [0.3, 0.4) is 0 Å². The van der Waals surface area contributed by atoms with Gasteiger partial charge in [-0.1, -0.05) is 17.7 Å². The van der Waals surface area contributed by atoms with Gasteiger partial charge >= 0.3 is 5.97 Å². The minimum atomic E-state index is -4.15. The van der Waals surface area contributed by atoms with Crippen LogP contribution in [0.4, 0.5) is 0 Å². The Balaban J connectivity index is 2.25. The van der Waals surface area contributed by atoms with Gasteiger partial charge in [-0.3, -0.25) is 14.4 Å². The number of carboxylic acid groups (broad SMARTS) is 1. The molecule has 1 aromatic rings. The van der Waals surface area contributed by atoms with E-state index in [2.05, 4.69) is 5.32 Å². The third-order valence-electron chi connectivity index (χ3n) is 3.91. The minimum absolute atomic E-state index is 0.0590. The van der Waals surface area contributed by atoms with Gasteiger partial charge in [0.05, 0.1) is 11.3 Å². The molecule has 2 N–H and O–H groups in total. The molecule has 1 unspecified atom stereocenters. The van der Waals surface area contributed by atoms with Crippen LogP contribution in [-0.2, 0) is 24.4 Å². The molecule has 0 aromatic heterocycles. The van der Waals surface area contributed by atoms with Gasteiger partial charge in [-0.25, -0.2) is 12.7 Å². The first-order chi connectivity index (χ1) is 11.6. The number of hydrogen-bond donors (Lipinski definition) is 2. The highest BCUT2D eigenvalue weighted by Crippen LogP contribution is 2.27. The zero-order valence-corrected chi connectivity index (χ0v) is 14.7. The molecule has 0 spiro atoms. The fraction of sp³-hybridized carbons (Fsp3) is 0.438. The molecule has 0 aliphatic carbocycles. The molecule has 8 nitrogen and oxygen atoms in total. The van der Waals surface area contributed by atoms with E-state index in [0.717, 1.165) is 5.56 Å². The number of nitrogens with one attached hydrogen (secondary N) is 1. The van der Waals surface area contributed by atoms with Gasteiger partial charge in [0.15, 0.2) is 0 Å². The van der Waals surface area contributed by atoms with Gasteiger partial charge < -0.3 is 10.4 Å². The molecule has 1 aliphatic heterocycles. The topological polar surface area (TPSA) is 121 Å². The van der Waals surface area contributed by atoms with Crippen molar-refractivity contribution in [2.24, 2.45) is 0 Å². The second-order valence-corrected chi connectivity index (χ2v) is 7.88. The van der Waals surface area contributed by atoms with Gasteiger partial charge in [0.25, 0.3) is 10.0 Å². The maximum atomic E-state index is 12.8. The Labute approximate surface area is 145 Å². The predicted octanol–water partition coefficient (Wildman–Crippen LogP) is 0.654. The summed E-state index contributed by atoms with van der Waals surface area (Å²) in [6.45, 7) is 3.30. The molecule has 136 valence electrons. The molecule has 1 aromatic carbocycles. The van der Waals surface area contributed by atoms with Gasteiger partial charge in [-0.15, -0.1) is 0 Å². The van der Waals surface area contributed by atoms with E-state index in [0.29, 0.717) is 4.31 Å². The Morgan fingerprint density at radius 2 is 1.92 bits per heavy atom. The summed E-state index contributed by atoms with van der Waals surface area (Å²) < 4.78 is 26.1. The summed E-state index contributed by atoms with van der Waals surface area (Å²) in [6.07, 6.45) is -0.289. The summed E-state index contributed by atoms with van der Waals surface area (Å²) in [5.74, 6) is -2.40. The average molecular weight is 368 g/mol. The van der Waals surface area contributed by atoms with Crippen molar-refractivity contribution in [1.82, 2.24) is 9.62 Å². The Morgan fingerprint density at radius 1 is 1.32 bits per heavy atom. The molecule has 2 amide bonds. The predicted molar refractivity (Wildman–Crippen MR) is 88.1 cm³/mol. The lowest BCUT2D eigenvalue weighted by molar-refractivity contribution is -0.138. The van der Waals surface area contributed by atoms with Crippen LogP contribution in [0, 0.1) is 6.92 Å². The third kappa shape index (κ3) is 4.16. The van der Waals surface area contributed by atoms with E-state index in [1.165, 1.54) is 19.1 Å². The molecule has 1 fully saturated rings. The molecule has 1 saturated heterocycles. The molecule has 2 rings (SSSR count). The number of carbonyl (C=O) groups excluding carboxylic acids is 2. The summed E-state index contributed by atoms with van der Waals surface area (Å²) in [6, 6.07) is 4.14. The number of sulfonamides is 1. The lowest BCUT2D eigenvalue weighted by atomic mass is 10.2. The molecule has 25 heavy (non-hydrogen) atoms. The zero-order chi connectivity index (χ0) is 18.8. The SMILES string of the molecule is Cc1ccc(S(=O)(=O)N2C(=O)CC[C@H]2C(=O)NC(C)CC(=O)O)cc1. The lowest BCUT2D eigenvalue weighted by Gasteiger charge is -2.25. The van der Waals surface area contributed by atoms with Crippen molar-refractivity contribution in [3.05, 3.63) is 29.8 Å². The van der Waals surface area contributed by atoms with E-state index < -0.39 is 39.9 Å². The largest absolute Gasteiger partial charge is 0.481 e. The van der Waals surface area contributed by atoms with Crippen molar-refractivity contribution in [2.75, 3.05) is 0 Å². The number of aliphatic carboxylic acids is 1. The van der Waals surface area contributed by atoms with Crippen molar-refractivity contribution in [3.63, 3.8) is 0 Å². The zero-order valence-electron chi connectivity index (χ0n) is 13.9. The lowest BCUT2D eigenvalue weighted by Crippen LogP contribution is -2.49. The molecule has 9 heteroatoms. The van der Waals surface area contributed by atoms with Crippen molar-refractivity contribution in [1.29, 1.82) is 0 Å². The van der Waals surface area contributed by atoms with Crippen molar-refractivity contribution >= 4 is 27.8 Å². The van der Waals surface area contributed by atoms with E-state index in [4.69, 9.17) is 5.11 Å². The number of hydrogen-bond acceptors (Lipinski definition) is 5.